The van der Waals surface area contributed by atoms with Crippen molar-refractivity contribution < 1.29 is 38.0 Å². The minimum absolute atomic E-state index is 0.176. The first-order valence-electron chi connectivity index (χ1n) is 14.0. The zero-order chi connectivity index (χ0) is 28.2. The topological polar surface area (TPSA) is 89.5 Å². The highest BCUT2D eigenvalue weighted by Gasteiger charge is 2.51. The first-order valence-corrected chi connectivity index (χ1v) is 14.0. The maximum absolute atomic E-state index is 12.4. The molecule has 8 nitrogen and oxygen atoms in total. The van der Waals surface area contributed by atoms with Crippen LogP contribution in [0.4, 0.5) is 0 Å². The van der Waals surface area contributed by atoms with Gasteiger partial charge in [-0.1, -0.05) is 51.0 Å². The summed E-state index contributed by atoms with van der Waals surface area (Å²) >= 11 is 0. The molecule has 2 aliphatic rings. The van der Waals surface area contributed by atoms with Gasteiger partial charge in [-0.3, -0.25) is 0 Å². The molecule has 2 saturated heterocycles. The van der Waals surface area contributed by atoms with Crippen molar-refractivity contribution in [2.24, 2.45) is 0 Å². The first kappa shape index (κ1) is 29.4. The lowest BCUT2D eigenvalue weighted by Crippen LogP contribution is -2.35. The van der Waals surface area contributed by atoms with Crippen molar-refractivity contribution in [2.75, 3.05) is 26.4 Å². The molecule has 0 bridgehead atoms. The highest BCUT2D eigenvalue weighted by molar-refractivity contribution is 5.87. The fourth-order valence-corrected chi connectivity index (χ4v) is 4.36. The molecule has 2 heterocycles. The van der Waals surface area contributed by atoms with Crippen LogP contribution in [0.25, 0.3) is 12.2 Å². The predicted octanol–water partition coefficient (Wildman–Crippen LogP) is 5.39. The average molecular weight is 551 g/mol. The van der Waals surface area contributed by atoms with Crippen LogP contribution in [0.3, 0.4) is 0 Å². The Morgan fingerprint density at radius 3 is 1.48 bits per heavy atom. The molecule has 2 aromatic rings. The second kappa shape index (κ2) is 15.2. The maximum atomic E-state index is 12.4. The van der Waals surface area contributed by atoms with Gasteiger partial charge in [0, 0.05) is 12.2 Å². The Morgan fingerprint density at radius 1 is 0.700 bits per heavy atom. The second-order valence-electron chi connectivity index (χ2n) is 9.76. The lowest BCUT2D eigenvalue weighted by Gasteiger charge is -2.16. The standard InChI is InChI=1S/C32H38O8/c1-3-5-19-35-25-13-7-23(8-14-25)11-17-29(33)39-27-21-37-32-28(22-38-31(27)32)40-30(34)18-12-24-9-15-26(16-10-24)36-20-6-4-2/h7-18,27-28,31-32H,3-6,19-22H2,1-2H3/b17-11+,18-12+/t27-,28+,31?,32?. The van der Waals surface area contributed by atoms with E-state index in [-0.39, 0.29) is 13.2 Å². The number of carbonyl (C=O) groups excluding carboxylic acids is 2. The van der Waals surface area contributed by atoms with E-state index in [1.54, 1.807) is 12.2 Å². The Morgan fingerprint density at radius 2 is 1.10 bits per heavy atom. The zero-order valence-electron chi connectivity index (χ0n) is 23.2. The number of benzene rings is 2. The van der Waals surface area contributed by atoms with Gasteiger partial charge < -0.3 is 28.4 Å². The third-order valence-corrected chi connectivity index (χ3v) is 6.61. The number of unbranched alkanes of at least 4 members (excludes halogenated alkanes) is 2. The lowest BCUT2D eigenvalue weighted by atomic mass is 10.1. The Balaban J connectivity index is 1.20. The fraction of sp³-hybridized carbons (Fsp3) is 0.438. The van der Waals surface area contributed by atoms with Gasteiger partial charge in [0.15, 0.2) is 12.2 Å². The highest BCUT2D eigenvalue weighted by Crippen LogP contribution is 2.31. The summed E-state index contributed by atoms with van der Waals surface area (Å²) in [6, 6.07) is 15.0. The molecule has 0 amide bonds. The minimum Gasteiger partial charge on any atom is -0.494 e. The van der Waals surface area contributed by atoms with E-state index in [2.05, 4.69) is 13.8 Å². The van der Waals surface area contributed by atoms with E-state index in [1.807, 2.05) is 48.5 Å². The summed E-state index contributed by atoms with van der Waals surface area (Å²) in [5.74, 6) is 0.610. The van der Waals surface area contributed by atoms with E-state index in [0.717, 1.165) is 48.3 Å². The van der Waals surface area contributed by atoms with Gasteiger partial charge in [-0.05, 0) is 60.4 Å². The quantitative estimate of drug-likeness (QED) is 0.176. The van der Waals surface area contributed by atoms with Crippen LogP contribution >= 0.6 is 0 Å². The van der Waals surface area contributed by atoms with Crippen molar-refractivity contribution in [3.05, 3.63) is 71.8 Å². The Hall–Kier alpha value is -3.62. The molecule has 8 heteroatoms. The van der Waals surface area contributed by atoms with Crippen LogP contribution in [-0.4, -0.2) is 62.8 Å². The Labute approximate surface area is 235 Å². The van der Waals surface area contributed by atoms with Crippen molar-refractivity contribution in [2.45, 2.75) is 63.9 Å². The number of carbonyl (C=O) groups is 2. The molecule has 0 saturated carbocycles. The van der Waals surface area contributed by atoms with E-state index >= 15 is 0 Å². The summed E-state index contributed by atoms with van der Waals surface area (Å²) in [6.07, 6.45) is 8.18. The van der Waals surface area contributed by atoms with Crippen molar-refractivity contribution >= 4 is 24.1 Å². The van der Waals surface area contributed by atoms with Crippen molar-refractivity contribution in [3.63, 3.8) is 0 Å². The normalized spacial score (nSPS) is 21.9. The number of ether oxygens (including phenoxy) is 6. The van der Waals surface area contributed by atoms with E-state index in [1.165, 1.54) is 12.2 Å². The van der Waals surface area contributed by atoms with Gasteiger partial charge in [0.1, 0.15) is 23.7 Å². The molecule has 4 rings (SSSR count). The summed E-state index contributed by atoms with van der Waals surface area (Å²) in [6.45, 7) is 5.96. The molecule has 40 heavy (non-hydrogen) atoms. The third kappa shape index (κ3) is 8.69. The summed E-state index contributed by atoms with van der Waals surface area (Å²) in [7, 11) is 0. The van der Waals surface area contributed by atoms with Crippen molar-refractivity contribution in [1.29, 1.82) is 0 Å². The average Bonchev–Trinajstić information content (AvgIpc) is 3.55. The molecule has 2 aromatic carbocycles. The van der Waals surface area contributed by atoms with Gasteiger partial charge in [0.05, 0.1) is 26.4 Å². The molecule has 0 radical (unpaired) electrons. The summed E-state index contributed by atoms with van der Waals surface area (Å²) < 4.78 is 34.0. The van der Waals surface area contributed by atoms with Gasteiger partial charge in [0.25, 0.3) is 0 Å². The van der Waals surface area contributed by atoms with Crippen molar-refractivity contribution in [1.82, 2.24) is 0 Å². The van der Waals surface area contributed by atoms with Crippen LogP contribution in [0, 0.1) is 0 Å². The molecule has 0 N–H and O–H groups in total. The molecule has 0 aromatic heterocycles. The molecule has 0 aliphatic carbocycles. The molecular weight excluding hydrogens is 512 g/mol. The van der Waals surface area contributed by atoms with Gasteiger partial charge in [-0.2, -0.15) is 0 Å². The maximum Gasteiger partial charge on any atom is 0.331 e. The number of hydrogen-bond acceptors (Lipinski definition) is 8. The summed E-state index contributed by atoms with van der Waals surface area (Å²) in [5, 5.41) is 0. The van der Waals surface area contributed by atoms with Gasteiger partial charge in [-0.15, -0.1) is 0 Å². The number of fused-ring (bicyclic) bond motifs is 1. The van der Waals surface area contributed by atoms with Crippen LogP contribution in [0.5, 0.6) is 11.5 Å². The van der Waals surface area contributed by atoms with Crippen LogP contribution in [-0.2, 0) is 28.5 Å². The monoisotopic (exact) mass is 550 g/mol. The largest absolute Gasteiger partial charge is 0.494 e. The predicted molar refractivity (Wildman–Crippen MR) is 151 cm³/mol. The smallest absolute Gasteiger partial charge is 0.331 e. The lowest BCUT2D eigenvalue weighted by molar-refractivity contribution is -0.149. The summed E-state index contributed by atoms with van der Waals surface area (Å²) in [4.78, 5) is 24.8. The number of hydrogen-bond donors (Lipinski definition) is 0. The van der Waals surface area contributed by atoms with Gasteiger partial charge in [-0.25, -0.2) is 9.59 Å². The molecule has 2 unspecified atom stereocenters. The molecule has 0 spiro atoms. The number of rotatable bonds is 14. The van der Waals surface area contributed by atoms with Crippen LogP contribution < -0.4 is 9.47 Å². The van der Waals surface area contributed by atoms with E-state index in [9.17, 15) is 9.59 Å². The van der Waals surface area contributed by atoms with Crippen LogP contribution in [0.1, 0.15) is 50.7 Å². The molecule has 4 atom stereocenters. The van der Waals surface area contributed by atoms with Crippen LogP contribution in [0.2, 0.25) is 0 Å². The van der Waals surface area contributed by atoms with E-state index in [0.29, 0.717) is 13.2 Å². The summed E-state index contributed by atoms with van der Waals surface area (Å²) in [5.41, 5.74) is 1.71. The van der Waals surface area contributed by atoms with Gasteiger partial charge >= 0.3 is 11.9 Å². The van der Waals surface area contributed by atoms with E-state index in [4.69, 9.17) is 28.4 Å². The molecule has 2 fully saturated rings. The number of esters is 2. The zero-order valence-corrected chi connectivity index (χ0v) is 23.2. The highest BCUT2D eigenvalue weighted by atomic mass is 16.7. The minimum atomic E-state index is -0.575. The molecular formula is C32H38O8. The van der Waals surface area contributed by atoms with E-state index < -0.39 is 36.4 Å². The van der Waals surface area contributed by atoms with Gasteiger partial charge in [0.2, 0.25) is 0 Å². The first-order chi connectivity index (χ1) is 19.6. The Bertz CT molecular complexity index is 1050. The molecule has 214 valence electrons. The van der Waals surface area contributed by atoms with Crippen LogP contribution in [0.15, 0.2) is 60.7 Å². The SMILES string of the molecule is CCCCOc1ccc(/C=C/C(=O)O[C@H]2COC3C2OC[C@H]3OC(=O)/C=C/c2ccc(OCCCC)cc2)cc1. The second-order valence-corrected chi connectivity index (χ2v) is 9.76. The fourth-order valence-electron chi connectivity index (χ4n) is 4.36. The third-order valence-electron chi connectivity index (χ3n) is 6.61. The van der Waals surface area contributed by atoms with Crippen molar-refractivity contribution in [3.8, 4) is 11.5 Å². The molecule has 2 aliphatic heterocycles. The Kier molecular flexibility index (Phi) is 11.2.